The normalized spacial score (nSPS) is 18.2. The summed E-state index contributed by atoms with van der Waals surface area (Å²) in [7, 11) is 0. The van der Waals surface area contributed by atoms with Crippen LogP contribution in [0.2, 0.25) is 0 Å². The first-order valence-corrected chi connectivity index (χ1v) is 6.42. The molecule has 1 aliphatic carbocycles. The number of alkyl carbamates (subject to hydrolysis) is 1. The Balaban J connectivity index is 2.08. The summed E-state index contributed by atoms with van der Waals surface area (Å²) in [6, 6.07) is 0. The van der Waals surface area contributed by atoms with E-state index in [1.165, 1.54) is 32.1 Å². The first-order chi connectivity index (χ1) is 7.47. The minimum Gasteiger partial charge on any atom is -0.450 e. The van der Waals surface area contributed by atoms with Gasteiger partial charge in [-0.15, -0.1) is 0 Å². The van der Waals surface area contributed by atoms with Crippen molar-refractivity contribution in [2.75, 3.05) is 6.61 Å². The third kappa shape index (κ3) is 5.99. The van der Waals surface area contributed by atoms with Gasteiger partial charge in [-0.25, -0.2) is 4.79 Å². The predicted molar refractivity (Wildman–Crippen MR) is 65.4 cm³/mol. The van der Waals surface area contributed by atoms with Gasteiger partial charge in [-0.3, -0.25) is 0 Å². The van der Waals surface area contributed by atoms with E-state index in [0.29, 0.717) is 6.61 Å². The van der Waals surface area contributed by atoms with Crippen LogP contribution in [0.4, 0.5) is 4.79 Å². The number of rotatable bonds is 3. The van der Waals surface area contributed by atoms with Crippen LogP contribution < -0.4 is 5.32 Å². The van der Waals surface area contributed by atoms with Crippen molar-refractivity contribution in [2.45, 2.75) is 64.8 Å². The fourth-order valence-electron chi connectivity index (χ4n) is 2.14. The zero-order valence-electron chi connectivity index (χ0n) is 10.8. The van der Waals surface area contributed by atoms with Crippen molar-refractivity contribution in [1.29, 1.82) is 0 Å². The van der Waals surface area contributed by atoms with Gasteiger partial charge < -0.3 is 10.1 Å². The van der Waals surface area contributed by atoms with Crippen molar-refractivity contribution < 1.29 is 9.53 Å². The lowest BCUT2D eigenvalue weighted by Gasteiger charge is -2.22. The molecule has 16 heavy (non-hydrogen) atoms. The molecule has 94 valence electrons. The zero-order chi connectivity index (χ0) is 12.0. The second-order valence-electron chi connectivity index (χ2n) is 5.80. The third-order valence-electron chi connectivity index (χ3n) is 2.96. The van der Waals surface area contributed by atoms with Crippen LogP contribution in [0, 0.1) is 5.92 Å². The maximum atomic E-state index is 11.4. The van der Waals surface area contributed by atoms with E-state index in [-0.39, 0.29) is 11.6 Å². The molecule has 0 aromatic heterocycles. The Kier molecular flexibility index (Phi) is 5.10. The van der Waals surface area contributed by atoms with E-state index in [2.05, 4.69) is 5.32 Å². The van der Waals surface area contributed by atoms with E-state index < -0.39 is 0 Å². The topological polar surface area (TPSA) is 38.3 Å². The number of amides is 1. The molecule has 1 fully saturated rings. The van der Waals surface area contributed by atoms with Gasteiger partial charge in [0.15, 0.2) is 0 Å². The van der Waals surface area contributed by atoms with Crippen molar-refractivity contribution in [1.82, 2.24) is 5.32 Å². The molecule has 0 heterocycles. The molecule has 0 spiro atoms. The number of carbonyl (C=O) groups excluding carboxylic acids is 1. The lowest BCUT2D eigenvalue weighted by atomic mass is 9.87. The summed E-state index contributed by atoms with van der Waals surface area (Å²) < 4.78 is 5.17. The minimum atomic E-state index is -0.289. The standard InChI is InChI=1S/C13H25NO2/c1-13(2,3)14-12(15)16-10-9-11-7-5-4-6-8-11/h11H,4-10H2,1-3H3,(H,14,15). The van der Waals surface area contributed by atoms with Gasteiger partial charge >= 0.3 is 6.09 Å². The highest BCUT2D eigenvalue weighted by Crippen LogP contribution is 2.26. The second kappa shape index (κ2) is 6.12. The highest BCUT2D eigenvalue weighted by atomic mass is 16.5. The Hall–Kier alpha value is -0.730. The van der Waals surface area contributed by atoms with E-state index in [0.717, 1.165) is 12.3 Å². The van der Waals surface area contributed by atoms with Crippen molar-refractivity contribution in [3.63, 3.8) is 0 Å². The molecular formula is C13H25NO2. The van der Waals surface area contributed by atoms with Crippen LogP contribution in [0.25, 0.3) is 0 Å². The lowest BCUT2D eigenvalue weighted by Crippen LogP contribution is -2.41. The average molecular weight is 227 g/mol. The number of hydrogen-bond acceptors (Lipinski definition) is 2. The molecule has 0 atom stereocenters. The number of nitrogens with one attached hydrogen (secondary N) is 1. The van der Waals surface area contributed by atoms with Crippen molar-refractivity contribution in [3.8, 4) is 0 Å². The Bertz CT molecular complexity index is 214. The number of hydrogen-bond donors (Lipinski definition) is 1. The van der Waals surface area contributed by atoms with Crippen LogP contribution >= 0.6 is 0 Å². The third-order valence-corrected chi connectivity index (χ3v) is 2.96. The van der Waals surface area contributed by atoms with Crippen LogP contribution in [-0.4, -0.2) is 18.2 Å². The fraction of sp³-hybridized carbons (Fsp3) is 0.923. The van der Waals surface area contributed by atoms with Crippen LogP contribution in [0.3, 0.4) is 0 Å². The molecule has 0 aromatic rings. The largest absolute Gasteiger partial charge is 0.450 e. The van der Waals surface area contributed by atoms with E-state index in [4.69, 9.17) is 4.74 Å². The van der Waals surface area contributed by atoms with Crippen LogP contribution in [0.5, 0.6) is 0 Å². The molecule has 0 bridgehead atoms. The maximum Gasteiger partial charge on any atom is 0.407 e. The molecule has 1 amide bonds. The zero-order valence-corrected chi connectivity index (χ0v) is 10.8. The monoisotopic (exact) mass is 227 g/mol. The summed E-state index contributed by atoms with van der Waals surface area (Å²) in [5.74, 6) is 0.774. The smallest absolute Gasteiger partial charge is 0.407 e. The average Bonchev–Trinajstić information content (AvgIpc) is 2.16. The highest BCUT2D eigenvalue weighted by molar-refractivity contribution is 5.67. The van der Waals surface area contributed by atoms with Gasteiger partial charge in [0.05, 0.1) is 6.61 Å². The van der Waals surface area contributed by atoms with Gasteiger partial charge in [-0.1, -0.05) is 32.1 Å². The van der Waals surface area contributed by atoms with E-state index in [1.54, 1.807) is 0 Å². The SMILES string of the molecule is CC(C)(C)NC(=O)OCCC1CCCCC1. The molecule has 3 heteroatoms. The Labute approximate surface area is 98.9 Å². The first kappa shape index (κ1) is 13.3. The summed E-state index contributed by atoms with van der Waals surface area (Å²) >= 11 is 0. The fourth-order valence-corrected chi connectivity index (χ4v) is 2.14. The quantitative estimate of drug-likeness (QED) is 0.801. The molecule has 0 radical (unpaired) electrons. The van der Waals surface area contributed by atoms with Gasteiger partial charge in [-0.2, -0.15) is 0 Å². The minimum absolute atomic E-state index is 0.206. The van der Waals surface area contributed by atoms with Crippen molar-refractivity contribution >= 4 is 6.09 Å². The molecule has 1 N–H and O–H groups in total. The van der Waals surface area contributed by atoms with Crippen molar-refractivity contribution in [3.05, 3.63) is 0 Å². The summed E-state index contributed by atoms with van der Waals surface area (Å²) in [4.78, 5) is 11.4. The molecule has 0 aliphatic heterocycles. The van der Waals surface area contributed by atoms with Gasteiger partial charge in [0.1, 0.15) is 0 Å². The summed E-state index contributed by atoms with van der Waals surface area (Å²) in [6.07, 6.45) is 7.43. The van der Waals surface area contributed by atoms with E-state index >= 15 is 0 Å². The predicted octanol–water partition coefficient (Wildman–Crippen LogP) is 3.48. The lowest BCUT2D eigenvalue weighted by molar-refractivity contribution is 0.127. The van der Waals surface area contributed by atoms with Gasteiger partial charge in [0, 0.05) is 5.54 Å². The molecule has 0 unspecified atom stereocenters. The van der Waals surface area contributed by atoms with E-state index in [9.17, 15) is 4.79 Å². The molecule has 1 rings (SSSR count). The van der Waals surface area contributed by atoms with Crippen LogP contribution in [0.15, 0.2) is 0 Å². The van der Waals surface area contributed by atoms with Crippen LogP contribution in [-0.2, 0) is 4.74 Å². The van der Waals surface area contributed by atoms with Gasteiger partial charge in [0.2, 0.25) is 0 Å². The van der Waals surface area contributed by atoms with E-state index in [1.807, 2.05) is 20.8 Å². The first-order valence-electron chi connectivity index (χ1n) is 6.42. The Morgan fingerprint density at radius 2 is 1.88 bits per heavy atom. The molecule has 3 nitrogen and oxygen atoms in total. The molecule has 0 saturated heterocycles. The summed E-state index contributed by atoms with van der Waals surface area (Å²) in [6.45, 7) is 6.42. The van der Waals surface area contributed by atoms with Gasteiger partial charge in [0.25, 0.3) is 0 Å². The maximum absolute atomic E-state index is 11.4. The molecule has 1 saturated carbocycles. The molecule has 1 aliphatic rings. The van der Waals surface area contributed by atoms with Crippen LogP contribution in [0.1, 0.15) is 59.3 Å². The molecular weight excluding hydrogens is 202 g/mol. The summed E-state index contributed by atoms with van der Waals surface area (Å²) in [5, 5.41) is 2.80. The Morgan fingerprint density at radius 1 is 1.25 bits per heavy atom. The number of ether oxygens (including phenoxy) is 1. The number of carbonyl (C=O) groups is 1. The second-order valence-corrected chi connectivity index (χ2v) is 5.80. The van der Waals surface area contributed by atoms with Gasteiger partial charge in [-0.05, 0) is 33.1 Å². The highest BCUT2D eigenvalue weighted by Gasteiger charge is 2.16. The van der Waals surface area contributed by atoms with Crippen molar-refractivity contribution in [2.24, 2.45) is 5.92 Å². The molecule has 0 aromatic carbocycles. The summed E-state index contributed by atoms with van der Waals surface area (Å²) in [5.41, 5.74) is -0.206. The Morgan fingerprint density at radius 3 is 2.44 bits per heavy atom.